The lowest BCUT2D eigenvalue weighted by Crippen LogP contribution is -2.35. The topological polar surface area (TPSA) is 77.1 Å². The summed E-state index contributed by atoms with van der Waals surface area (Å²) < 4.78 is 57.4. The number of esters is 2. The number of nitrogens with zero attached hydrogens (tertiary/aromatic N) is 1. The highest BCUT2D eigenvalue weighted by molar-refractivity contribution is 6.00. The Bertz CT molecular complexity index is 938. The molecule has 1 aromatic carbocycles. The van der Waals surface area contributed by atoms with E-state index < -0.39 is 29.6 Å². The van der Waals surface area contributed by atoms with Crippen molar-refractivity contribution in [2.24, 2.45) is 0 Å². The molecule has 182 valence electrons. The highest BCUT2D eigenvalue weighted by Crippen LogP contribution is 2.44. The van der Waals surface area contributed by atoms with Crippen LogP contribution in [0.3, 0.4) is 0 Å². The highest BCUT2D eigenvalue weighted by Gasteiger charge is 2.43. The van der Waals surface area contributed by atoms with Crippen LogP contribution in [0.2, 0.25) is 0 Å². The molecule has 7 nitrogen and oxygen atoms in total. The van der Waals surface area contributed by atoms with Gasteiger partial charge < -0.3 is 24.4 Å². The van der Waals surface area contributed by atoms with Gasteiger partial charge in [-0.3, -0.25) is 0 Å². The maximum absolute atomic E-state index is 13.9. The maximum Gasteiger partial charge on any atom is 0.416 e. The van der Waals surface area contributed by atoms with Gasteiger partial charge in [-0.2, -0.15) is 13.2 Å². The number of dihydropyridines is 1. The molecule has 1 aliphatic rings. The van der Waals surface area contributed by atoms with Gasteiger partial charge in [0.05, 0.1) is 55.3 Å². The number of carbonyl (C=O) groups is 2. The molecule has 1 aliphatic heterocycles. The molecule has 1 N–H and O–H groups in total. The number of likely N-dealkylation sites (N-methyl/N-ethyl adjacent to an activating group) is 1. The number of hydrogen-bond acceptors (Lipinski definition) is 7. The van der Waals surface area contributed by atoms with Gasteiger partial charge in [0.1, 0.15) is 0 Å². The van der Waals surface area contributed by atoms with Crippen molar-refractivity contribution in [1.29, 1.82) is 0 Å². The molecule has 0 bridgehead atoms. The predicted molar refractivity (Wildman–Crippen MR) is 115 cm³/mol. The van der Waals surface area contributed by atoms with Gasteiger partial charge in [-0.15, -0.1) is 0 Å². The Kier molecular flexibility index (Phi) is 9.07. The van der Waals surface area contributed by atoms with E-state index >= 15 is 0 Å². The molecule has 1 unspecified atom stereocenters. The van der Waals surface area contributed by atoms with Crippen LogP contribution in [0.4, 0.5) is 13.2 Å². The van der Waals surface area contributed by atoms with Gasteiger partial charge in [-0.05, 0) is 39.6 Å². The summed E-state index contributed by atoms with van der Waals surface area (Å²) in [5.41, 5.74) is -0.929. The summed E-state index contributed by atoms with van der Waals surface area (Å²) in [6.07, 6.45) is -4.71. The maximum atomic E-state index is 13.9. The lowest BCUT2D eigenvalue weighted by molar-refractivity contribution is -0.141. The Labute approximate surface area is 191 Å². The number of methoxy groups -OCH3 is 1. The number of alkyl halides is 3. The van der Waals surface area contributed by atoms with Gasteiger partial charge in [0.25, 0.3) is 0 Å². The summed E-state index contributed by atoms with van der Waals surface area (Å²) in [6, 6.07) is 4.84. The largest absolute Gasteiger partial charge is 0.466 e. The van der Waals surface area contributed by atoms with Crippen LogP contribution in [-0.4, -0.2) is 64.4 Å². The lowest BCUT2D eigenvalue weighted by Gasteiger charge is -2.32. The summed E-state index contributed by atoms with van der Waals surface area (Å²) in [6.45, 7) is 3.97. The fraction of sp³-hybridized carbons (Fsp3) is 0.478. The van der Waals surface area contributed by atoms with E-state index in [0.717, 1.165) is 13.2 Å². The van der Waals surface area contributed by atoms with E-state index in [0.29, 0.717) is 13.2 Å². The first-order valence-electron chi connectivity index (χ1n) is 10.4. The first-order chi connectivity index (χ1) is 15.5. The average Bonchev–Trinajstić information content (AvgIpc) is 2.75. The van der Waals surface area contributed by atoms with Crippen LogP contribution in [0, 0.1) is 0 Å². The third kappa shape index (κ3) is 6.35. The van der Waals surface area contributed by atoms with Crippen LogP contribution >= 0.6 is 0 Å². The number of rotatable bonds is 9. The minimum Gasteiger partial charge on any atom is -0.466 e. The number of nitrogens with one attached hydrogen (secondary N) is 1. The Morgan fingerprint density at radius 1 is 1.12 bits per heavy atom. The monoisotopic (exact) mass is 470 g/mol. The molecule has 1 aromatic rings. The molecule has 0 aromatic heterocycles. The Balaban J connectivity index is 2.71. The van der Waals surface area contributed by atoms with Crippen LogP contribution in [0.5, 0.6) is 0 Å². The zero-order chi connectivity index (χ0) is 24.8. The van der Waals surface area contributed by atoms with Crippen molar-refractivity contribution in [2.45, 2.75) is 25.9 Å². The number of ether oxygens (including phenoxy) is 3. The second kappa shape index (κ2) is 11.3. The van der Waals surface area contributed by atoms with Crippen molar-refractivity contribution < 1.29 is 37.0 Å². The SMILES string of the molecule is CCOC(=O)C1=C(COCCN(C)C)NC(C)=C(C(=O)OC)C1c1ccccc1C(F)(F)F. The molecule has 10 heteroatoms. The molecule has 0 radical (unpaired) electrons. The van der Waals surface area contributed by atoms with Gasteiger partial charge in [-0.25, -0.2) is 9.59 Å². The summed E-state index contributed by atoms with van der Waals surface area (Å²) in [4.78, 5) is 27.6. The zero-order valence-corrected chi connectivity index (χ0v) is 19.3. The molecule has 1 atom stereocenters. The van der Waals surface area contributed by atoms with Crippen LogP contribution in [-0.2, 0) is 30.0 Å². The molecule has 0 spiro atoms. The molecular weight excluding hydrogens is 441 g/mol. The smallest absolute Gasteiger partial charge is 0.416 e. The van der Waals surface area contributed by atoms with Gasteiger partial charge in [0.15, 0.2) is 0 Å². The Morgan fingerprint density at radius 2 is 1.79 bits per heavy atom. The number of carbonyl (C=O) groups excluding carboxylic acids is 2. The second-order valence-electron chi connectivity index (χ2n) is 7.64. The lowest BCUT2D eigenvalue weighted by atomic mass is 9.78. The standard InChI is InChI=1S/C23H29F3N2O5/c1-6-33-22(30)20-17(13-32-12-11-28(3)4)27-14(2)18(21(29)31-5)19(20)15-9-7-8-10-16(15)23(24,25)26/h7-10,19,27H,6,11-13H2,1-5H3. The van der Waals surface area contributed by atoms with Gasteiger partial charge >= 0.3 is 18.1 Å². The first kappa shape index (κ1) is 26.4. The van der Waals surface area contributed by atoms with E-state index in [1.807, 2.05) is 19.0 Å². The molecule has 2 rings (SSSR count). The van der Waals surface area contributed by atoms with E-state index in [2.05, 4.69) is 5.32 Å². The quantitative estimate of drug-likeness (QED) is 0.439. The first-order valence-corrected chi connectivity index (χ1v) is 10.4. The van der Waals surface area contributed by atoms with Crippen molar-refractivity contribution in [3.8, 4) is 0 Å². The van der Waals surface area contributed by atoms with Crippen LogP contribution < -0.4 is 5.32 Å². The van der Waals surface area contributed by atoms with Crippen molar-refractivity contribution in [1.82, 2.24) is 10.2 Å². The highest BCUT2D eigenvalue weighted by atomic mass is 19.4. The number of hydrogen-bond donors (Lipinski definition) is 1. The van der Waals surface area contributed by atoms with E-state index in [-0.39, 0.29) is 41.3 Å². The van der Waals surface area contributed by atoms with Crippen molar-refractivity contribution in [3.63, 3.8) is 0 Å². The average molecular weight is 470 g/mol. The minimum absolute atomic E-state index is 0.000984. The second-order valence-corrected chi connectivity index (χ2v) is 7.64. The van der Waals surface area contributed by atoms with E-state index in [1.165, 1.54) is 25.1 Å². The van der Waals surface area contributed by atoms with E-state index in [1.54, 1.807) is 6.92 Å². The molecule has 0 saturated heterocycles. The minimum atomic E-state index is -4.71. The van der Waals surface area contributed by atoms with Crippen molar-refractivity contribution in [2.75, 3.05) is 47.6 Å². The normalized spacial score (nSPS) is 16.7. The zero-order valence-electron chi connectivity index (χ0n) is 19.3. The van der Waals surface area contributed by atoms with Gasteiger partial charge in [-0.1, -0.05) is 18.2 Å². The molecule has 33 heavy (non-hydrogen) atoms. The number of allylic oxidation sites excluding steroid dienone is 1. The van der Waals surface area contributed by atoms with Crippen molar-refractivity contribution in [3.05, 3.63) is 57.9 Å². The third-order valence-electron chi connectivity index (χ3n) is 5.05. The Hall–Kier alpha value is -2.85. The molecule has 0 aliphatic carbocycles. The predicted octanol–water partition coefficient (Wildman–Crippen LogP) is 3.23. The fourth-order valence-corrected chi connectivity index (χ4v) is 3.58. The summed E-state index contributed by atoms with van der Waals surface area (Å²) in [5.74, 6) is -3.05. The molecule has 0 amide bonds. The van der Waals surface area contributed by atoms with E-state index in [9.17, 15) is 22.8 Å². The molecular formula is C23H29F3N2O5. The number of benzene rings is 1. The van der Waals surface area contributed by atoms with Crippen LogP contribution in [0.15, 0.2) is 46.8 Å². The van der Waals surface area contributed by atoms with Crippen LogP contribution in [0.1, 0.15) is 30.9 Å². The van der Waals surface area contributed by atoms with Crippen molar-refractivity contribution >= 4 is 11.9 Å². The summed E-state index contributed by atoms with van der Waals surface area (Å²) in [5, 5.41) is 2.95. The Morgan fingerprint density at radius 3 is 2.36 bits per heavy atom. The van der Waals surface area contributed by atoms with E-state index in [4.69, 9.17) is 14.2 Å². The third-order valence-corrected chi connectivity index (χ3v) is 5.05. The van der Waals surface area contributed by atoms with Gasteiger partial charge in [0, 0.05) is 12.2 Å². The van der Waals surface area contributed by atoms with Gasteiger partial charge in [0.2, 0.25) is 0 Å². The summed E-state index contributed by atoms with van der Waals surface area (Å²) in [7, 11) is 4.86. The van der Waals surface area contributed by atoms with Crippen LogP contribution in [0.25, 0.3) is 0 Å². The summed E-state index contributed by atoms with van der Waals surface area (Å²) >= 11 is 0. The molecule has 0 saturated carbocycles. The molecule has 0 fully saturated rings. The molecule has 1 heterocycles. The number of halogens is 3. The fourth-order valence-electron chi connectivity index (χ4n) is 3.58.